The Kier molecular flexibility index (Phi) is 5.48. The molecule has 0 heterocycles. The van der Waals surface area contributed by atoms with Gasteiger partial charge < -0.3 is 10.0 Å². The van der Waals surface area contributed by atoms with E-state index < -0.39 is 5.60 Å². The first-order valence-electron chi connectivity index (χ1n) is 8.47. The maximum Gasteiger partial charge on any atom is 0.0777 e. The summed E-state index contributed by atoms with van der Waals surface area (Å²) in [5, 5.41) is 12.9. The maximum atomic E-state index is 10.4. The van der Waals surface area contributed by atoms with Crippen LogP contribution in [0.25, 0.3) is 16.3 Å². The Hall–Kier alpha value is -1.80. The molecule has 0 spiro atoms. The van der Waals surface area contributed by atoms with E-state index in [0.29, 0.717) is 0 Å². The van der Waals surface area contributed by atoms with Crippen molar-refractivity contribution >= 4 is 22.0 Å². The Morgan fingerprint density at radius 2 is 1.83 bits per heavy atom. The summed E-state index contributed by atoms with van der Waals surface area (Å²) in [6, 6.07) is 12.9. The van der Waals surface area contributed by atoms with E-state index in [1.807, 2.05) is 19.9 Å². The molecular formula is C21H29NO. The van der Waals surface area contributed by atoms with Gasteiger partial charge in [0.05, 0.1) is 5.60 Å². The third-order valence-corrected chi connectivity index (χ3v) is 4.04. The van der Waals surface area contributed by atoms with Crippen LogP contribution in [0.15, 0.2) is 42.5 Å². The van der Waals surface area contributed by atoms with Gasteiger partial charge in [-0.25, -0.2) is 0 Å². The number of nitrogens with zero attached hydrogens (tertiary/aromatic N) is 1. The van der Waals surface area contributed by atoms with Crippen LogP contribution in [0.2, 0.25) is 0 Å². The monoisotopic (exact) mass is 311 g/mol. The molecule has 1 N–H and O–H groups in total. The van der Waals surface area contributed by atoms with Crippen molar-refractivity contribution in [2.45, 2.75) is 45.6 Å². The third kappa shape index (κ3) is 4.35. The van der Waals surface area contributed by atoms with Crippen LogP contribution in [0.4, 0.5) is 5.69 Å². The fourth-order valence-electron chi connectivity index (χ4n) is 3.03. The van der Waals surface area contributed by atoms with E-state index in [2.05, 4.69) is 62.3 Å². The van der Waals surface area contributed by atoms with Gasteiger partial charge in [0.15, 0.2) is 0 Å². The minimum absolute atomic E-state index is 0.816. The van der Waals surface area contributed by atoms with Crippen LogP contribution in [0, 0.1) is 0 Å². The lowest BCUT2D eigenvalue weighted by Gasteiger charge is -2.24. The van der Waals surface area contributed by atoms with E-state index in [0.717, 1.165) is 19.3 Å². The van der Waals surface area contributed by atoms with Crippen LogP contribution >= 0.6 is 0 Å². The number of hydrogen-bond acceptors (Lipinski definition) is 2. The summed E-state index contributed by atoms with van der Waals surface area (Å²) in [7, 11) is 4.16. The van der Waals surface area contributed by atoms with Crippen molar-refractivity contribution < 1.29 is 5.11 Å². The van der Waals surface area contributed by atoms with Gasteiger partial charge in [-0.3, -0.25) is 0 Å². The van der Waals surface area contributed by atoms with Gasteiger partial charge in [0, 0.05) is 25.3 Å². The predicted molar refractivity (Wildman–Crippen MR) is 102 cm³/mol. The Morgan fingerprint density at radius 3 is 2.43 bits per heavy atom. The first kappa shape index (κ1) is 17.6. The zero-order valence-electron chi connectivity index (χ0n) is 15.1. The van der Waals surface area contributed by atoms with E-state index >= 15 is 0 Å². The van der Waals surface area contributed by atoms with E-state index in [1.54, 1.807) is 0 Å². The molecule has 2 aromatic carbocycles. The summed E-state index contributed by atoms with van der Waals surface area (Å²) >= 11 is 0. The van der Waals surface area contributed by atoms with E-state index in [9.17, 15) is 5.11 Å². The highest BCUT2D eigenvalue weighted by Gasteiger charge is 2.17. The average Bonchev–Trinajstić information content (AvgIpc) is 2.49. The summed E-state index contributed by atoms with van der Waals surface area (Å²) in [4.78, 5) is 2.16. The number of hydrogen-bond donors (Lipinski definition) is 1. The molecule has 0 aliphatic heterocycles. The highest BCUT2D eigenvalue weighted by Crippen LogP contribution is 2.37. The van der Waals surface area contributed by atoms with Crippen LogP contribution in [0.5, 0.6) is 0 Å². The Labute approximate surface area is 140 Å². The molecule has 0 fully saturated rings. The highest BCUT2D eigenvalue weighted by atomic mass is 16.3. The minimum Gasteiger partial charge on any atom is -0.386 e. The molecular weight excluding hydrogens is 282 g/mol. The molecule has 0 aromatic heterocycles. The van der Waals surface area contributed by atoms with Crippen molar-refractivity contribution in [3.63, 3.8) is 0 Å². The number of fused-ring (bicyclic) bond motifs is 1. The van der Waals surface area contributed by atoms with Gasteiger partial charge in [-0.2, -0.15) is 0 Å². The molecule has 0 aliphatic carbocycles. The summed E-state index contributed by atoms with van der Waals surface area (Å²) < 4.78 is 0. The molecule has 0 aliphatic rings. The van der Waals surface area contributed by atoms with Gasteiger partial charge in [0.2, 0.25) is 0 Å². The van der Waals surface area contributed by atoms with Crippen molar-refractivity contribution in [2.24, 2.45) is 0 Å². The largest absolute Gasteiger partial charge is 0.386 e. The molecule has 2 nitrogen and oxygen atoms in total. The number of allylic oxidation sites excluding steroid dienone is 1. The van der Waals surface area contributed by atoms with Crippen LogP contribution in [-0.2, 0) is 0 Å². The number of anilines is 1. The van der Waals surface area contributed by atoms with Gasteiger partial charge in [-0.1, -0.05) is 43.7 Å². The van der Waals surface area contributed by atoms with Gasteiger partial charge in [-0.15, -0.1) is 0 Å². The van der Waals surface area contributed by atoms with Crippen LogP contribution in [-0.4, -0.2) is 24.8 Å². The Bertz CT molecular complexity index is 693. The molecule has 0 saturated heterocycles. The maximum absolute atomic E-state index is 10.4. The zero-order valence-corrected chi connectivity index (χ0v) is 15.1. The van der Waals surface area contributed by atoms with Crippen LogP contribution in [0.1, 0.15) is 45.6 Å². The zero-order chi connectivity index (χ0) is 17.0. The molecule has 124 valence electrons. The molecule has 2 aromatic rings. The van der Waals surface area contributed by atoms with Gasteiger partial charge >= 0.3 is 0 Å². The summed E-state index contributed by atoms with van der Waals surface area (Å²) in [5.41, 5.74) is 2.88. The number of aliphatic hydroxyl groups is 1. The number of unbranched alkanes of at least 4 members (excludes halogenated alkanes) is 1. The number of benzene rings is 2. The first-order chi connectivity index (χ1) is 10.8. The molecule has 0 saturated carbocycles. The molecule has 0 bridgehead atoms. The van der Waals surface area contributed by atoms with Crippen molar-refractivity contribution in [1.82, 2.24) is 0 Å². The molecule has 2 heteroatoms. The van der Waals surface area contributed by atoms with Gasteiger partial charge in [0.25, 0.3) is 0 Å². The van der Waals surface area contributed by atoms with Crippen molar-refractivity contribution in [3.05, 3.63) is 48.0 Å². The fraction of sp³-hybridized carbons (Fsp3) is 0.429. The second-order valence-corrected chi connectivity index (χ2v) is 7.00. The SMILES string of the molecule is CCCCC(=CC(C)(C)O)c1c(N(C)C)ccc2ccccc12. The van der Waals surface area contributed by atoms with Crippen LogP contribution < -0.4 is 4.90 Å². The fourth-order valence-corrected chi connectivity index (χ4v) is 3.03. The normalized spacial score (nSPS) is 12.7. The molecule has 0 atom stereocenters. The first-order valence-corrected chi connectivity index (χ1v) is 8.47. The van der Waals surface area contributed by atoms with E-state index in [-0.39, 0.29) is 0 Å². The molecule has 0 radical (unpaired) electrons. The topological polar surface area (TPSA) is 23.5 Å². The quantitative estimate of drug-likeness (QED) is 0.787. The smallest absolute Gasteiger partial charge is 0.0777 e. The lowest BCUT2D eigenvalue weighted by molar-refractivity contribution is 0.133. The second kappa shape index (κ2) is 7.18. The average molecular weight is 311 g/mol. The lowest BCUT2D eigenvalue weighted by Crippen LogP contribution is -2.16. The van der Waals surface area contributed by atoms with Gasteiger partial charge in [-0.05, 0) is 55.2 Å². The molecule has 0 unspecified atom stereocenters. The van der Waals surface area contributed by atoms with E-state index in [4.69, 9.17) is 0 Å². The molecule has 23 heavy (non-hydrogen) atoms. The Balaban J connectivity index is 2.73. The second-order valence-electron chi connectivity index (χ2n) is 7.00. The summed E-state index contributed by atoms with van der Waals surface area (Å²) in [6.07, 6.45) is 5.27. The van der Waals surface area contributed by atoms with Crippen molar-refractivity contribution in [3.8, 4) is 0 Å². The van der Waals surface area contributed by atoms with E-state index in [1.165, 1.54) is 27.6 Å². The molecule has 0 amide bonds. The third-order valence-electron chi connectivity index (χ3n) is 4.04. The predicted octanol–water partition coefficient (Wildman–Crippen LogP) is 5.25. The Morgan fingerprint density at radius 1 is 1.13 bits per heavy atom. The van der Waals surface area contributed by atoms with Crippen molar-refractivity contribution in [1.29, 1.82) is 0 Å². The van der Waals surface area contributed by atoms with Crippen LogP contribution in [0.3, 0.4) is 0 Å². The minimum atomic E-state index is -0.816. The number of rotatable bonds is 6. The standard InChI is InChI=1S/C21H29NO/c1-6-7-10-17(15-21(2,3)23)20-18-12-9-8-11-16(18)13-14-19(20)22(4)5/h8-9,11-15,23H,6-7,10H2,1-5H3. The lowest BCUT2D eigenvalue weighted by atomic mass is 9.90. The van der Waals surface area contributed by atoms with Crippen molar-refractivity contribution in [2.75, 3.05) is 19.0 Å². The highest BCUT2D eigenvalue weighted by molar-refractivity contribution is 5.99. The molecule has 2 rings (SSSR count). The summed E-state index contributed by atoms with van der Waals surface area (Å²) in [6.45, 7) is 5.90. The summed E-state index contributed by atoms with van der Waals surface area (Å²) in [5.74, 6) is 0. The van der Waals surface area contributed by atoms with Gasteiger partial charge in [0.1, 0.15) is 0 Å².